The van der Waals surface area contributed by atoms with Gasteiger partial charge in [-0.15, -0.1) is 11.3 Å². The number of carboxylic acids is 1. The summed E-state index contributed by atoms with van der Waals surface area (Å²) in [7, 11) is 1.66. The summed E-state index contributed by atoms with van der Waals surface area (Å²) in [5, 5.41) is 17.7. The molecule has 106 valence electrons. The van der Waals surface area contributed by atoms with E-state index in [0.29, 0.717) is 17.0 Å². The molecule has 1 amide bonds. The monoisotopic (exact) mass is 293 g/mol. The van der Waals surface area contributed by atoms with Crippen molar-refractivity contribution in [1.29, 1.82) is 0 Å². The molecule has 2 heterocycles. The lowest BCUT2D eigenvalue weighted by molar-refractivity contribution is -0.139. The van der Waals surface area contributed by atoms with Crippen LogP contribution in [0.25, 0.3) is 0 Å². The molecule has 20 heavy (non-hydrogen) atoms. The van der Waals surface area contributed by atoms with E-state index in [1.54, 1.807) is 30.6 Å². The molecule has 0 saturated carbocycles. The van der Waals surface area contributed by atoms with Crippen LogP contribution in [0.1, 0.15) is 34.0 Å². The second kappa shape index (κ2) is 5.87. The predicted octanol–water partition coefficient (Wildman–Crippen LogP) is 1.60. The highest BCUT2D eigenvalue weighted by atomic mass is 32.1. The first-order valence-electron chi connectivity index (χ1n) is 6.13. The van der Waals surface area contributed by atoms with Crippen LogP contribution < -0.4 is 5.32 Å². The van der Waals surface area contributed by atoms with E-state index in [1.807, 2.05) is 6.92 Å². The van der Waals surface area contributed by atoms with Gasteiger partial charge in [-0.3, -0.25) is 9.48 Å². The number of amides is 1. The Labute approximate surface area is 120 Å². The van der Waals surface area contributed by atoms with Crippen molar-refractivity contribution >= 4 is 23.2 Å². The van der Waals surface area contributed by atoms with Crippen LogP contribution in [-0.4, -0.2) is 26.8 Å². The van der Waals surface area contributed by atoms with Gasteiger partial charge in [-0.05, 0) is 23.9 Å². The molecule has 0 saturated heterocycles. The maximum Gasteiger partial charge on any atom is 0.331 e. The largest absolute Gasteiger partial charge is 0.479 e. The first-order valence-corrected chi connectivity index (χ1v) is 7.01. The van der Waals surface area contributed by atoms with Crippen LogP contribution in [0.2, 0.25) is 0 Å². The van der Waals surface area contributed by atoms with E-state index < -0.39 is 17.9 Å². The summed E-state index contributed by atoms with van der Waals surface area (Å²) >= 11 is 1.29. The van der Waals surface area contributed by atoms with E-state index >= 15 is 0 Å². The number of thiophene rings is 1. The Morgan fingerprint density at radius 3 is 2.80 bits per heavy atom. The minimum atomic E-state index is -1.08. The molecular weight excluding hydrogens is 278 g/mol. The highest BCUT2D eigenvalue weighted by Crippen LogP contribution is 2.19. The second-order valence-corrected chi connectivity index (χ2v) is 5.24. The third-order valence-corrected chi connectivity index (χ3v) is 3.81. The minimum absolute atomic E-state index is 0.352. The molecule has 1 atom stereocenters. The van der Waals surface area contributed by atoms with Crippen LogP contribution in [0.3, 0.4) is 0 Å². The molecule has 0 aliphatic carbocycles. The van der Waals surface area contributed by atoms with Crippen molar-refractivity contribution < 1.29 is 14.7 Å². The predicted molar refractivity (Wildman–Crippen MR) is 74.7 cm³/mol. The van der Waals surface area contributed by atoms with Crippen LogP contribution in [0.15, 0.2) is 23.6 Å². The summed E-state index contributed by atoms with van der Waals surface area (Å²) in [6, 6.07) is 4.07. The van der Waals surface area contributed by atoms with Crippen LogP contribution in [-0.2, 0) is 18.3 Å². The molecule has 2 rings (SSSR count). The zero-order chi connectivity index (χ0) is 14.7. The lowest BCUT2D eigenvalue weighted by Gasteiger charge is -2.12. The number of aryl methyl sites for hydroxylation is 2. The van der Waals surface area contributed by atoms with Gasteiger partial charge in [0.15, 0.2) is 6.04 Å². The number of rotatable bonds is 5. The molecule has 6 nitrogen and oxygen atoms in total. The lowest BCUT2D eigenvalue weighted by Crippen LogP contribution is -2.34. The summed E-state index contributed by atoms with van der Waals surface area (Å²) in [5.74, 6) is -1.53. The summed E-state index contributed by atoms with van der Waals surface area (Å²) in [4.78, 5) is 24.0. The molecular formula is C13H15N3O3S. The summed E-state index contributed by atoms with van der Waals surface area (Å²) in [6.07, 6.45) is 0.717. The number of aromatic nitrogens is 2. The zero-order valence-electron chi connectivity index (χ0n) is 11.2. The van der Waals surface area contributed by atoms with Gasteiger partial charge in [0.1, 0.15) is 5.69 Å². The summed E-state index contributed by atoms with van der Waals surface area (Å²) in [5.41, 5.74) is 1.14. The molecule has 2 aromatic rings. The van der Waals surface area contributed by atoms with Gasteiger partial charge in [0.05, 0.1) is 5.69 Å². The van der Waals surface area contributed by atoms with Gasteiger partial charge in [-0.2, -0.15) is 5.10 Å². The molecule has 0 spiro atoms. The number of hydrogen-bond acceptors (Lipinski definition) is 4. The standard InChI is InChI=1S/C13H15N3O3S/c1-3-8-7-9(16(2)15-8)12(17)14-11(13(18)19)10-5-4-6-20-10/h4-7,11H,3H2,1-2H3,(H,14,17)(H,18,19). The first kappa shape index (κ1) is 14.3. The summed E-state index contributed by atoms with van der Waals surface area (Å²) in [6.45, 7) is 1.94. The second-order valence-electron chi connectivity index (χ2n) is 4.26. The van der Waals surface area contributed by atoms with Crippen molar-refractivity contribution in [3.63, 3.8) is 0 Å². The molecule has 0 bridgehead atoms. The molecule has 2 N–H and O–H groups in total. The van der Waals surface area contributed by atoms with E-state index in [9.17, 15) is 14.7 Å². The third-order valence-electron chi connectivity index (χ3n) is 2.88. The Bertz CT molecular complexity index is 619. The molecule has 0 aliphatic rings. The quantitative estimate of drug-likeness (QED) is 0.877. The first-order chi connectivity index (χ1) is 9.52. The Morgan fingerprint density at radius 2 is 2.30 bits per heavy atom. The molecule has 0 aliphatic heterocycles. The number of carbonyl (C=O) groups excluding carboxylic acids is 1. The van der Waals surface area contributed by atoms with E-state index in [2.05, 4.69) is 10.4 Å². The molecule has 0 radical (unpaired) electrons. The van der Waals surface area contributed by atoms with Gasteiger partial charge in [0.2, 0.25) is 0 Å². The maximum atomic E-state index is 12.2. The van der Waals surface area contributed by atoms with Crippen molar-refractivity contribution in [2.45, 2.75) is 19.4 Å². The zero-order valence-corrected chi connectivity index (χ0v) is 12.0. The van der Waals surface area contributed by atoms with E-state index in [0.717, 1.165) is 5.69 Å². The molecule has 7 heteroatoms. The van der Waals surface area contributed by atoms with Crippen molar-refractivity contribution in [3.05, 3.63) is 39.8 Å². The van der Waals surface area contributed by atoms with Gasteiger partial charge >= 0.3 is 5.97 Å². The lowest BCUT2D eigenvalue weighted by atomic mass is 10.2. The van der Waals surface area contributed by atoms with Crippen molar-refractivity contribution in [2.75, 3.05) is 0 Å². The fourth-order valence-corrected chi connectivity index (χ4v) is 2.59. The average Bonchev–Trinajstić information content (AvgIpc) is 3.04. The number of nitrogens with one attached hydrogen (secondary N) is 1. The van der Waals surface area contributed by atoms with Gasteiger partial charge in [-0.25, -0.2) is 4.79 Å². The Kier molecular flexibility index (Phi) is 4.19. The van der Waals surface area contributed by atoms with Crippen LogP contribution in [0.5, 0.6) is 0 Å². The molecule has 0 aromatic carbocycles. The van der Waals surface area contributed by atoms with Gasteiger partial charge in [0.25, 0.3) is 5.91 Å². The van der Waals surface area contributed by atoms with Crippen molar-refractivity contribution in [1.82, 2.24) is 15.1 Å². The topological polar surface area (TPSA) is 84.2 Å². The molecule has 0 fully saturated rings. The van der Waals surface area contributed by atoms with Gasteiger partial charge in [-0.1, -0.05) is 13.0 Å². The number of carboxylic acid groups (broad SMARTS) is 1. The van der Waals surface area contributed by atoms with Crippen molar-refractivity contribution in [3.8, 4) is 0 Å². The number of carbonyl (C=O) groups is 2. The molecule has 1 unspecified atom stereocenters. The van der Waals surface area contributed by atoms with Crippen molar-refractivity contribution in [2.24, 2.45) is 7.05 Å². The normalized spacial score (nSPS) is 12.1. The molecule has 2 aromatic heterocycles. The van der Waals surface area contributed by atoms with Gasteiger partial charge < -0.3 is 10.4 Å². The third kappa shape index (κ3) is 2.88. The van der Waals surface area contributed by atoms with E-state index in [-0.39, 0.29) is 0 Å². The fourth-order valence-electron chi connectivity index (χ4n) is 1.83. The van der Waals surface area contributed by atoms with E-state index in [4.69, 9.17) is 0 Å². The Hall–Kier alpha value is -2.15. The average molecular weight is 293 g/mol. The van der Waals surface area contributed by atoms with E-state index in [1.165, 1.54) is 16.0 Å². The number of aliphatic carboxylic acids is 1. The Balaban J connectivity index is 2.20. The number of hydrogen-bond donors (Lipinski definition) is 2. The summed E-state index contributed by atoms with van der Waals surface area (Å²) < 4.78 is 1.46. The minimum Gasteiger partial charge on any atom is -0.479 e. The van der Waals surface area contributed by atoms with Crippen LogP contribution in [0.4, 0.5) is 0 Å². The SMILES string of the molecule is CCc1cc(C(=O)NC(C(=O)O)c2cccs2)n(C)n1. The van der Waals surface area contributed by atoms with Gasteiger partial charge in [0, 0.05) is 11.9 Å². The fraction of sp³-hybridized carbons (Fsp3) is 0.308. The maximum absolute atomic E-state index is 12.2. The highest BCUT2D eigenvalue weighted by Gasteiger charge is 2.25. The smallest absolute Gasteiger partial charge is 0.331 e. The van der Waals surface area contributed by atoms with Crippen LogP contribution >= 0.6 is 11.3 Å². The highest BCUT2D eigenvalue weighted by molar-refractivity contribution is 7.10. The number of nitrogens with zero attached hydrogens (tertiary/aromatic N) is 2. The Morgan fingerprint density at radius 1 is 1.55 bits per heavy atom. The van der Waals surface area contributed by atoms with Crippen LogP contribution in [0, 0.1) is 0 Å².